The predicted molar refractivity (Wildman–Crippen MR) is 73.7 cm³/mol. The number of benzene rings is 1. The van der Waals surface area contributed by atoms with E-state index in [1.807, 2.05) is 0 Å². The number of carboxylic acids is 1. The fourth-order valence-electron chi connectivity index (χ4n) is 1.81. The monoisotopic (exact) mass is 275 g/mol. The van der Waals surface area contributed by atoms with Crippen molar-refractivity contribution < 1.29 is 14.8 Å². The van der Waals surface area contributed by atoms with Crippen molar-refractivity contribution in [3.63, 3.8) is 0 Å². The Morgan fingerprint density at radius 3 is 2.90 bits per heavy atom. The molecule has 2 rings (SSSR count). The molecule has 2 aromatic rings. The van der Waals surface area contributed by atoms with Crippen molar-refractivity contribution in [3.05, 3.63) is 40.6 Å². The molecule has 1 unspecified atom stereocenters. The quantitative estimate of drug-likeness (QED) is 0.640. The molecule has 1 aromatic heterocycles. The Morgan fingerprint density at radius 2 is 2.25 bits per heavy atom. The first-order chi connectivity index (χ1) is 9.50. The third-order valence-electron chi connectivity index (χ3n) is 2.97. The number of fused-ring (bicyclic) bond motifs is 1. The molecule has 0 aliphatic rings. The molecular weight excluding hydrogens is 262 g/mol. The Morgan fingerprint density at radius 1 is 1.50 bits per heavy atom. The normalized spacial score (nSPS) is 12.1. The van der Waals surface area contributed by atoms with Gasteiger partial charge in [-0.15, -0.1) is 0 Å². The van der Waals surface area contributed by atoms with Gasteiger partial charge in [-0.25, -0.2) is 4.98 Å². The van der Waals surface area contributed by atoms with Crippen LogP contribution in [0.1, 0.15) is 6.92 Å². The van der Waals surface area contributed by atoms with Crippen LogP contribution in [0.2, 0.25) is 0 Å². The summed E-state index contributed by atoms with van der Waals surface area (Å²) in [7, 11) is 0. The van der Waals surface area contributed by atoms with Crippen molar-refractivity contribution in [2.24, 2.45) is 5.92 Å². The zero-order valence-corrected chi connectivity index (χ0v) is 10.7. The van der Waals surface area contributed by atoms with E-state index in [9.17, 15) is 14.9 Å². The number of nitrogens with zero attached hydrogens (tertiary/aromatic N) is 2. The molecule has 1 atom stereocenters. The highest BCUT2D eigenvalue weighted by Gasteiger charge is 2.16. The number of pyridine rings is 1. The largest absolute Gasteiger partial charge is 0.481 e. The number of aromatic nitrogens is 1. The van der Waals surface area contributed by atoms with E-state index in [-0.39, 0.29) is 17.7 Å². The van der Waals surface area contributed by atoms with Crippen molar-refractivity contribution in [3.8, 4) is 0 Å². The zero-order chi connectivity index (χ0) is 14.7. The standard InChI is InChI=1S/C13H13N3O4/c1-8(13(17)18)7-15-10-4-5-11(16(19)20)12-9(10)3-2-6-14-12/h2-6,8,15H,7H2,1H3,(H,17,18). The second-order valence-corrected chi connectivity index (χ2v) is 4.41. The lowest BCUT2D eigenvalue weighted by Crippen LogP contribution is -2.19. The van der Waals surface area contributed by atoms with Gasteiger partial charge >= 0.3 is 5.97 Å². The van der Waals surface area contributed by atoms with E-state index < -0.39 is 16.8 Å². The van der Waals surface area contributed by atoms with Crippen LogP contribution in [0.15, 0.2) is 30.5 Å². The van der Waals surface area contributed by atoms with Crippen LogP contribution in [0.25, 0.3) is 10.9 Å². The molecule has 0 radical (unpaired) electrons. The number of rotatable bonds is 5. The molecule has 0 saturated heterocycles. The molecule has 0 saturated carbocycles. The molecule has 0 spiro atoms. The topological polar surface area (TPSA) is 105 Å². The third kappa shape index (κ3) is 2.66. The molecule has 7 heteroatoms. The number of aliphatic carboxylic acids is 1. The highest BCUT2D eigenvalue weighted by atomic mass is 16.6. The van der Waals surface area contributed by atoms with Crippen LogP contribution < -0.4 is 5.32 Å². The average Bonchev–Trinajstić information content (AvgIpc) is 2.43. The average molecular weight is 275 g/mol. The summed E-state index contributed by atoms with van der Waals surface area (Å²) in [5, 5.41) is 23.4. The molecule has 0 amide bonds. The Balaban J connectivity index is 2.38. The molecule has 104 valence electrons. The van der Waals surface area contributed by atoms with Crippen LogP contribution in [-0.2, 0) is 4.79 Å². The molecule has 0 fully saturated rings. The Bertz CT molecular complexity index is 672. The number of nitro benzene ring substituents is 1. The second kappa shape index (κ2) is 5.52. The van der Waals surface area contributed by atoms with E-state index >= 15 is 0 Å². The van der Waals surface area contributed by atoms with Crippen LogP contribution in [-0.4, -0.2) is 27.5 Å². The van der Waals surface area contributed by atoms with Crippen LogP contribution in [0.4, 0.5) is 11.4 Å². The molecule has 0 aliphatic carbocycles. The molecule has 1 aromatic carbocycles. The van der Waals surface area contributed by atoms with E-state index in [4.69, 9.17) is 5.11 Å². The van der Waals surface area contributed by atoms with Crippen molar-refractivity contribution >= 4 is 28.2 Å². The highest BCUT2D eigenvalue weighted by molar-refractivity contribution is 5.97. The minimum Gasteiger partial charge on any atom is -0.481 e. The minimum absolute atomic E-state index is 0.0718. The van der Waals surface area contributed by atoms with Gasteiger partial charge in [0, 0.05) is 29.9 Å². The summed E-state index contributed by atoms with van der Waals surface area (Å²) >= 11 is 0. The number of hydrogen-bond acceptors (Lipinski definition) is 5. The van der Waals surface area contributed by atoms with Crippen LogP contribution in [0.3, 0.4) is 0 Å². The molecule has 1 heterocycles. The molecule has 20 heavy (non-hydrogen) atoms. The summed E-state index contributed by atoms with van der Waals surface area (Å²) in [6, 6.07) is 6.32. The molecular formula is C13H13N3O4. The van der Waals surface area contributed by atoms with Crippen LogP contribution in [0, 0.1) is 16.0 Å². The smallest absolute Gasteiger partial charge is 0.308 e. The lowest BCUT2D eigenvalue weighted by molar-refractivity contribution is -0.383. The molecule has 0 bridgehead atoms. The Hall–Kier alpha value is -2.70. The lowest BCUT2D eigenvalue weighted by Gasteiger charge is -2.11. The van der Waals surface area contributed by atoms with Gasteiger partial charge < -0.3 is 10.4 Å². The van der Waals surface area contributed by atoms with Gasteiger partial charge in [-0.3, -0.25) is 14.9 Å². The first kappa shape index (κ1) is 13.7. The first-order valence-electron chi connectivity index (χ1n) is 5.99. The van der Waals surface area contributed by atoms with Gasteiger partial charge in [0.05, 0.1) is 10.8 Å². The maximum Gasteiger partial charge on any atom is 0.308 e. The second-order valence-electron chi connectivity index (χ2n) is 4.41. The van der Waals surface area contributed by atoms with Crippen molar-refractivity contribution in [1.29, 1.82) is 0 Å². The Labute approximate surface area is 114 Å². The number of nitrogens with one attached hydrogen (secondary N) is 1. The summed E-state index contributed by atoms with van der Waals surface area (Å²) in [5.74, 6) is -1.46. The van der Waals surface area contributed by atoms with Crippen LogP contribution >= 0.6 is 0 Å². The predicted octanol–water partition coefficient (Wildman–Crippen LogP) is 2.28. The zero-order valence-electron chi connectivity index (χ0n) is 10.7. The SMILES string of the molecule is CC(CNc1ccc([N+](=O)[O-])c2ncccc12)C(=O)O. The van der Waals surface area contributed by atoms with Gasteiger partial charge in [-0.05, 0) is 18.2 Å². The van der Waals surface area contributed by atoms with Gasteiger partial charge in [0.2, 0.25) is 0 Å². The van der Waals surface area contributed by atoms with E-state index in [0.717, 1.165) is 0 Å². The van der Waals surface area contributed by atoms with Crippen LogP contribution in [0.5, 0.6) is 0 Å². The summed E-state index contributed by atoms with van der Waals surface area (Å²) in [6.45, 7) is 1.82. The van der Waals surface area contributed by atoms with E-state index in [2.05, 4.69) is 10.3 Å². The summed E-state index contributed by atoms with van der Waals surface area (Å²) in [4.78, 5) is 25.3. The van der Waals surface area contributed by atoms with Crippen molar-refractivity contribution in [2.45, 2.75) is 6.92 Å². The maximum absolute atomic E-state index is 10.9. The molecule has 7 nitrogen and oxygen atoms in total. The lowest BCUT2D eigenvalue weighted by atomic mass is 10.1. The van der Waals surface area contributed by atoms with Gasteiger partial charge in [0.15, 0.2) is 0 Å². The molecule has 0 aliphatic heterocycles. The van der Waals surface area contributed by atoms with Crippen molar-refractivity contribution in [1.82, 2.24) is 4.98 Å². The number of nitro groups is 1. The third-order valence-corrected chi connectivity index (χ3v) is 2.97. The van der Waals surface area contributed by atoms with Gasteiger partial charge in [-0.2, -0.15) is 0 Å². The Kier molecular flexibility index (Phi) is 3.79. The van der Waals surface area contributed by atoms with Gasteiger partial charge in [-0.1, -0.05) is 6.92 Å². The minimum atomic E-state index is -0.901. The number of anilines is 1. The summed E-state index contributed by atoms with van der Waals surface area (Å²) in [5.41, 5.74) is 0.842. The number of hydrogen-bond donors (Lipinski definition) is 2. The fourth-order valence-corrected chi connectivity index (χ4v) is 1.81. The molecule has 2 N–H and O–H groups in total. The summed E-state index contributed by atoms with van der Waals surface area (Å²) in [6.07, 6.45) is 1.49. The first-order valence-corrected chi connectivity index (χ1v) is 5.99. The maximum atomic E-state index is 10.9. The van der Waals surface area contributed by atoms with Crippen molar-refractivity contribution in [2.75, 3.05) is 11.9 Å². The number of carbonyl (C=O) groups is 1. The number of non-ortho nitro benzene ring substituents is 1. The number of carboxylic acid groups (broad SMARTS) is 1. The van der Waals surface area contributed by atoms with E-state index in [1.54, 1.807) is 25.1 Å². The fraction of sp³-hybridized carbons (Fsp3) is 0.231. The van der Waals surface area contributed by atoms with E-state index in [0.29, 0.717) is 11.1 Å². The summed E-state index contributed by atoms with van der Waals surface area (Å²) < 4.78 is 0. The van der Waals surface area contributed by atoms with Gasteiger partial charge in [0.25, 0.3) is 5.69 Å². The van der Waals surface area contributed by atoms with E-state index in [1.165, 1.54) is 12.3 Å². The van der Waals surface area contributed by atoms with Gasteiger partial charge in [0.1, 0.15) is 5.52 Å². The highest BCUT2D eigenvalue weighted by Crippen LogP contribution is 2.29.